The number of halogens is 2. The molecule has 4 aromatic rings. The molecule has 0 aromatic heterocycles. The van der Waals surface area contributed by atoms with Gasteiger partial charge in [0.25, 0.3) is 0 Å². The number of benzene rings is 4. The van der Waals surface area contributed by atoms with Crippen LogP contribution in [0, 0.1) is 0 Å². The van der Waals surface area contributed by atoms with Gasteiger partial charge < -0.3 is 44.5 Å². The first-order chi connectivity index (χ1) is 19.8. The molecule has 0 aliphatic carbocycles. The monoisotopic (exact) mass is 682 g/mol. The third-order valence-corrected chi connectivity index (χ3v) is 6.49. The molecule has 0 unspecified atom stereocenters. The third kappa shape index (κ3) is 12.2. The van der Waals surface area contributed by atoms with E-state index < -0.39 is 0 Å². The summed E-state index contributed by atoms with van der Waals surface area (Å²) in [5.74, 6) is 1.36. The van der Waals surface area contributed by atoms with Crippen molar-refractivity contribution in [3.63, 3.8) is 0 Å². The molecule has 4 aromatic carbocycles. The Morgan fingerprint density at radius 1 is 0.556 bits per heavy atom. The number of methoxy groups -OCH3 is 2. The van der Waals surface area contributed by atoms with E-state index in [0.29, 0.717) is 22.6 Å². The van der Waals surface area contributed by atoms with Gasteiger partial charge in [0, 0.05) is 12.4 Å². The van der Waals surface area contributed by atoms with E-state index in [-0.39, 0.29) is 68.9 Å². The Morgan fingerprint density at radius 3 is 1.13 bits per heavy atom. The van der Waals surface area contributed by atoms with Gasteiger partial charge in [-0.05, 0) is 81.6 Å². The summed E-state index contributed by atoms with van der Waals surface area (Å²) in [5, 5.41) is 25.1. The smallest absolute Gasteiger partial charge is 1.00 e. The summed E-state index contributed by atoms with van der Waals surface area (Å²) in [5.41, 5.74) is 3.72. The molecule has 0 spiro atoms. The van der Waals surface area contributed by atoms with Crippen LogP contribution >= 0.6 is 0 Å². The van der Waals surface area contributed by atoms with Gasteiger partial charge in [0.05, 0.1) is 25.6 Å². The maximum absolute atomic E-state index is 12.6. The Labute approximate surface area is 295 Å². The predicted molar refractivity (Wildman–Crippen MR) is 170 cm³/mol. The standard InChI is InChI=1S/2C18H21NO2.2ClH.Ti/c2*1-18(2,3)16-11-15(21-4)10-13(17(16)20)12-19-14-8-6-5-7-9-14;;;/h2*5-12,20H,1-4H3;2*1H;/q;;;;+4/p-4. The van der Waals surface area contributed by atoms with Crippen LogP contribution in [0.2, 0.25) is 0 Å². The van der Waals surface area contributed by atoms with Crippen LogP contribution in [0.5, 0.6) is 23.0 Å². The molecule has 0 aliphatic rings. The van der Waals surface area contributed by atoms with Crippen LogP contribution in [0.15, 0.2) is 94.9 Å². The van der Waals surface area contributed by atoms with Gasteiger partial charge in [-0.2, -0.15) is 0 Å². The van der Waals surface area contributed by atoms with Crippen molar-refractivity contribution >= 4 is 23.8 Å². The quantitative estimate of drug-likeness (QED) is 0.229. The molecule has 0 saturated carbocycles. The fraction of sp³-hybridized carbons (Fsp3) is 0.278. The fourth-order valence-electron chi connectivity index (χ4n) is 4.11. The maximum atomic E-state index is 12.6. The van der Waals surface area contributed by atoms with E-state index in [1.165, 1.54) is 0 Å². The second kappa shape index (κ2) is 18.6. The second-order valence-corrected chi connectivity index (χ2v) is 11.9. The summed E-state index contributed by atoms with van der Waals surface area (Å²) in [7, 11) is 3.20. The van der Waals surface area contributed by atoms with Crippen LogP contribution in [0.4, 0.5) is 11.4 Å². The second-order valence-electron chi connectivity index (χ2n) is 11.9. The zero-order chi connectivity index (χ0) is 30.9. The molecule has 0 amide bonds. The summed E-state index contributed by atoms with van der Waals surface area (Å²) in [6.07, 6.45) is 3.21. The summed E-state index contributed by atoms with van der Waals surface area (Å²) in [4.78, 5) is 8.71. The van der Waals surface area contributed by atoms with Gasteiger partial charge in [0.2, 0.25) is 0 Å². The zero-order valence-electron chi connectivity index (χ0n) is 27.0. The Bertz CT molecular complexity index is 1420. The molecule has 0 radical (unpaired) electrons. The summed E-state index contributed by atoms with van der Waals surface area (Å²) in [6.45, 7) is 12.1. The number of ether oxygens (including phenoxy) is 2. The molecule has 0 atom stereocenters. The molecule has 45 heavy (non-hydrogen) atoms. The molecule has 0 aliphatic heterocycles. The van der Waals surface area contributed by atoms with Crippen molar-refractivity contribution in [1.29, 1.82) is 0 Å². The molecule has 0 fully saturated rings. The van der Waals surface area contributed by atoms with Gasteiger partial charge in [-0.3, -0.25) is 9.98 Å². The normalized spacial score (nSPS) is 11.0. The van der Waals surface area contributed by atoms with E-state index in [0.717, 1.165) is 22.5 Å². The van der Waals surface area contributed by atoms with Crippen LogP contribution in [-0.4, -0.2) is 26.6 Å². The number of aliphatic imine (C=N–C) groups is 2. The number of para-hydroxylation sites is 2. The molecule has 6 nitrogen and oxygen atoms in total. The minimum atomic E-state index is -0.235. The molecular formula is C36H40Cl2N2O4Ti. The van der Waals surface area contributed by atoms with E-state index in [2.05, 4.69) is 9.98 Å². The van der Waals surface area contributed by atoms with Crippen LogP contribution in [0.1, 0.15) is 63.8 Å². The van der Waals surface area contributed by atoms with E-state index in [1.807, 2.05) is 114 Å². The number of hydrogen-bond donors (Lipinski definition) is 0. The van der Waals surface area contributed by atoms with Crippen LogP contribution < -0.4 is 44.5 Å². The molecule has 0 heterocycles. The van der Waals surface area contributed by atoms with Crippen LogP contribution in [0.3, 0.4) is 0 Å². The van der Waals surface area contributed by atoms with Crippen molar-refractivity contribution in [3.05, 3.63) is 107 Å². The van der Waals surface area contributed by atoms with Gasteiger partial charge >= 0.3 is 21.7 Å². The maximum Gasteiger partial charge on any atom is 4.00 e. The molecule has 0 bridgehead atoms. The Hall–Kier alpha value is -3.29. The topological polar surface area (TPSA) is 89.3 Å². The molecule has 9 heteroatoms. The molecular weight excluding hydrogens is 643 g/mol. The van der Waals surface area contributed by atoms with E-state index in [1.54, 1.807) is 38.8 Å². The van der Waals surface area contributed by atoms with Gasteiger partial charge in [-0.25, -0.2) is 0 Å². The molecule has 236 valence electrons. The fourth-order valence-corrected chi connectivity index (χ4v) is 4.11. The average molecular weight is 683 g/mol. The summed E-state index contributed by atoms with van der Waals surface area (Å²) < 4.78 is 10.6. The summed E-state index contributed by atoms with van der Waals surface area (Å²) >= 11 is 0. The van der Waals surface area contributed by atoms with Crippen molar-refractivity contribution in [3.8, 4) is 23.0 Å². The summed E-state index contributed by atoms with van der Waals surface area (Å²) in [6, 6.07) is 26.2. The van der Waals surface area contributed by atoms with E-state index in [9.17, 15) is 10.2 Å². The first-order valence-corrected chi connectivity index (χ1v) is 13.8. The Morgan fingerprint density at radius 2 is 0.867 bits per heavy atom. The van der Waals surface area contributed by atoms with Gasteiger partial charge in [-0.15, -0.1) is 0 Å². The van der Waals surface area contributed by atoms with Gasteiger partial charge in [0.15, 0.2) is 0 Å². The number of rotatable bonds is 6. The first kappa shape index (κ1) is 41.7. The Kier molecular flexibility index (Phi) is 17.3. The zero-order valence-corrected chi connectivity index (χ0v) is 30.1. The van der Waals surface area contributed by atoms with Gasteiger partial charge in [-0.1, -0.05) is 89.4 Å². The van der Waals surface area contributed by atoms with Crippen molar-refractivity contribution in [2.24, 2.45) is 9.98 Å². The minimum Gasteiger partial charge on any atom is -1.00 e. The number of nitrogens with zero attached hydrogens (tertiary/aromatic N) is 2. The average Bonchev–Trinajstić information content (AvgIpc) is 2.96. The predicted octanol–water partition coefficient (Wildman–Crippen LogP) is 1.64. The third-order valence-electron chi connectivity index (χ3n) is 6.49. The first-order valence-electron chi connectivity index (χ1n) is 13.8. The van der Waals surface area contributed by atoms with Crippen LogP contribution in [-0.2, 0) is 32.5 Å². The molecule has 4 rings (SSSR count). The van der Waals surface area contributed by atoms with E-state index >= 15 is 0 Å². The number of hydrogen-bond acceptors (Lipinski definition) is 6. The van der Waals surface area contributed by atoms with Crippen molar-refractivity contribution < 1.29 is 66.2 Å². The van der Waals surface area contributed by atoms with Crippen molar-refractivity contribution in [2.75, 3.05) is 14.2 Å². The largest absolute Gasteiger partial charge is 4.00 e. The van der Waals surface area contributed by atoms with E-state index in [4.69, 9.17) is 9.47 Å². The minimum absolute atomic E-state index is 0. The van der Waals surface area contributed by atoms with Crippen molar-refractivity contribution in [2.45, 2.75) is 52.4 Å². The Balaban J connectivity index is 0.000000807. The van der Waals surface area contributed by atoms with Gasteiger partial charge in [0.1, 0.15) is 11.5 Å². The van der Waals surface area contributed by atoms with Crippen molar-refractivity contribution in [1.82, 2.24) is 0 Å². The van der Waals surface area contributed by atoms with Crippen LogP contribution in [0.25, 0.3) is 0 Å². The molecule has 0 saturated heterocycles. The molecule has 0 N–H and O–H groups in total. The SMILES string of the molecule is COc1cc(C=Nc2ccccc2)c([O-])c(C(C)(C)C)c1.COc1cc(C=Nc2ccccc2)c([O-])c(C(C)(C)C)c1.[Cl-].[Cl-].[Ti+4].